The summed E-state index contributed by atoms with van der Waals surface area (Å²) in [6.45, 7) is 4.83. The minimum absolute atomic E-state index is 0.226. The quantitative estimate of drug-likeness (QED) is 0.862. The van der Waals surface area contributed by atoms with Crippen LogP contribution in [0.5, 0.6) is 6.01 Å². The number of benzene rings is 1. The Morgan fingerprint density at radius 3 is 2.91 bits per heavy atom. The molecule has 0 unspecified atom stereocenters. The topological polar surface area (TPSA) is 62.6 Å². The molecule has 0 radical (unpaired) electrons. The Balaban J connectivity index is 1.61. The van der Waals surface area contributed by atoms with Gasteiger partial charge in [0, 0.05) is 11.8 Å². The van der Waals surface area contributed by atoms with Gasteiger partial charge in [0.1, 0.15) is 18.9 Å². The van der Waals surface area contributed by atoms with Crippen molar-refractivity contribution in [1.29, 1.82) is 0 Å². The van der Waals surface area contributed by atoms with Gasteiger partial charge in [0.15, 0.2) is 0 Å². The van der Waals surface area contributed by atoms with Crippen LogP contribution in [0, 0.1) is 6.92 Å². The van der Waals surface area contributed by atoms with E-state index in [2.05, 4.69) is 4.98 Å². The van der Waals surface area contributed by atoms with E-state index in [4.69, 9.17) is 14.2 Å². The molecule has 2 atom stereocenters. The van der Waals surface area contributed by atoms with Crippen LogP contribution in [0.1, 0.15) is 18.1 Å². The van der Waals surface area contributed by atoms with Crippen molar-refractivity contribution in [1.82, 2.24) is 9.55 Å². The molecule has 2 aromatic rings. The molecule has 0 amide bonds. The van der Waals surface area contributed by atoms with E-state index in [9.17, 15) is 4.79 Å². The smallest absolute Gasteiger partial charge is 0.301 e. The second-order valence-corrected chi connectivity index (χ2v) is 5.64. The molecule has 0 N–H and O–H groups in total. The fourth-order valence-electron chi connectivity index (χ4n) is 2.37. The summed E-state index contributed by atoms with van der Waals surface area (Å²) >= 11 is 0. The number of fused-ring (bicyclic) bond motifs is 1. The highest BCUT2D eigenvalue weighted by atomic mass is 16.6. The number of rotatable bonds is 4. The predicted octanol–water partition coefficient (Wildman–Crippen LogP) is 1.89. The first kappa shape index (κ1) is 15.7. The SMILES string of the molecule is Cc1cn2c(nc1=O)O[C@H](C)[C@@H](COCc1ccccc1)OC2. The van der Waals surface area contributed by atoms with Crippen LogP contribution in [-0.4, -0.2) is 28.4 Å². The molecular formula is C17H20N2O4. The van der Waals surface area contributed by atoms with Crippen molar-refractivity contribution < 1.29 is 14.2 Å². The average molecular weight is 316 g/mol. The second-order valence-electron chi connectivity index (χ2n) is 5.64. The van der Waals surface area contributed by atoms with Crippen molar-refractivity contribution in [3.63, 3.8) is 0 Å². The van der Waals surface area contributed by atoms with Gasteiger partial charge in [-0.05, 0) is 19.4 Å². The standard InChI is InChI=1S/C17H20N2O4/c1-12-8-19-11-22-15(13(2)23-17(19)18-16(12)20)10-21-9-14-6-4-3-5-7-14/h3-8,13,15H,9-11H2,1-2H3/t13-,15-/m1/s1. The van der Waals surface area contributed by atoms with E-state index in [-0.39, 0.29) is 24.5 Å². The summed E-state index contributed by atoms with van der Waals surface area (Å²) in [5.41, 5.74) is 1.40. The molecule has 3 rings (SSSR count). The largest absolute Gasteiger partial charge is 0.459 e. The van der Waals surface area contributed by atoms with Gasteiger partial charge in [0.25, 0.3) is 5.56 Å². The van der Waals surface area contributed by atoms with Crippen molar-refractivity contribution in [2.75, 3.05) is 6.61 Å². The summed E-state index contributed by atoms with van der Waals surface area (Å²) in [7, 11) is 0. The van der Waals surface area contributed by atoms with Crippen molar-refractivity contribution in [2.24, 2.45) is 0 Å². The maximum atomic E-state index is 11.7. The van der Waals surface area contributed by atoms with E-state index in [0.29, 0.717) is 24.8 Å². The fraction of sp³-hybridized carbons (Fsp3) is 0.412. The highest BCUT2D eigenvalue weighted by Crippen LogP contribution is 2.17. The molecule has 0 fully saturated rings. The Morgan fingerprint density at radius 1 is 1.35 bits per heavy atom. The zero-order valence-electron chi connectivity index (χ0n) is 13.3. The summed E-state index contributed by atoms with van der Waals surface area (Å²) in [6, 6.07) is 10.3. The van der Waals surface area contributed by atoms with E-state index in [1.807, 2.05) is 37.3 Å². The number of hydrogen-bond acceptors (Lipinski definition) is 5. The van der Waals surface area contributed by atoms with E-state index in [1.165, 1.54) is 0 Å². The molecule has 0 saturated carbocycles. The number of nitrogens with zero attached hydrogens (tertiary/aromatic N) is 2. The van der Waals surface area contributed by atoms with Crippen molar-refractivity contribution in [3.05, 3.63) is 58.0 Å². The summed E-state index contributed by atoms with van der Waals surface area (Å²) in [6.07, 6.45) is 1.22. The van der Waals surface area contributed by atoms with Gasteiger partial charge in [-0.15, -0.1) is 0 Å². The first-order valence-corrected chi connectivity index (χ1v) is 7.61. The molecule has 6 nitrogen and oxygen atoms in total. The minimum atomic E-state index is -0.276. The Bertz CT molecular complexity index is 714. The predicted molar refractivity (Wildman–Crippen MR) is 84.3 cm³/mol. The van der Waals surface area contributed by atoms with E-state index in [1.54, 1.807) is 17.7 Å². The normalized spacial score (nSPS) is 20.4. The van der Waals surface area contributed by atoms with Crippen LogP contribution in [0.25, 0.3) is 0 Å². The summed E-state index contributed by atoms with van der Waals surface area (Å²) < 4.78 is 19.0. The second kappa shape index (κ2) is 6.93. The summed E-state index contributed by atoms with van der Waals surface area (Å²) in [5.74, 6) is 0. The third-order valence-electron chi connectivity index (χ3n) is 3.77. The number of hydrogen-bond donors (Lipinski definition) is 0. The zero-order valence-corrected chi connectivity index (χ0v) is 13.3. The molecule has 1 aromatic carbocycles. The monoisotopic (exact) mass is 316 g/mol. The maximum absolute atomic E-state index is 11.7. The van der Waals surface area contributed by atoms with E-state index >= 15 is 0 Å². The van der Waals surface area contributed by atoms with Crippen LogP contribution in [0.3, 0.4) is 0 Å². The fourth-order valence-corrected chi connectivity index (χ4v) is 2.37. The van der Waals surface area contributed by atoms with Gasteiger partial charge in [-0.3, -0.25) is 9.36 Å². The van der Waals surface area contributed by atoms with Gasteiger partial charge >= 0.3 is 6.01 Å². The molecule has 1 aromatic heterocycles. The van der Waals surface area contributed by atoms with Crippen LogP contribution in [0.4, 0.5) is 0 Å². The first-order chi connectivity index (χ1) is 11.1. The van der Waals surface area contributed by atoms with Crippen molar-refractivity contribution in [2.45, 2.75) is 39.4 Å². The van der Waals surface area contributed by atoms with Gasteiger partial charge in [-0.2, -0.15) is 4.98 Å². The molecule has 6 heteroatoms. The molecule has 122 valence electrons. The summed E-state index contributed by atoms with van der Waals surface area (Å²) in [5, 5.41) is 0. The molecule has 2 heterocycles. The highest BCUT2D eigenvalue weighted by molar-refractivity contribution is 5.13. The maximum Gasteiger partial charge on any atom is 0.301 e. The van der Waals surface area contributed by atoms with Crippen LogP contribution in [0.15, 0.2) is 41.3 Å². The molecule has 1 aliphatic heterocycles. The lowest BCUT2D eigenvalue weighted by atomic mass is 10.2. The Hall–Kier alpha value is -2.18. The van der Waals surface area contributed by atoms with Gasteiger partial charge < -0.3 is 14.2 Å². The molecule has 0 aliphatic carbocycles. The Kier molecular flexibility index (Phi) is 4.73. The lowest BCUT2D eigenvalue weighted by Crippen LogP contribution is -2.34. The Morgan fingerprint density at radius 2 is 2.13 bits per heavy atom. The number of aryl methyl sites for hydroxylation is 1. The third-order valence-corrected chi connectivity index (χ3v) is 3.77. The average Bonchev–Trinajstić information content (AvgIpc) is 2.69. The van der Waals surface area contributed by atoms with E-state index in [0.717, 1.165) is 5.56 Å². The lowest BCUT2D eigenvalue weighted by molar-refractivity contribution is -0.0749. The third kappa shape index (κ3) is 3.78. The van der Waals surface area contributed by atoms with Crippen molar-refractivity contribution in [3.8, 4) is 6.01 Å². The number of ether oxygens (including phenoxy) is 3. The van der Waals surface area contributed by atoms with E-state index < -0.39 is 0 Å². The minimum Gasteiger partial charge on any atom is -0.459 e. The molecule has 0 saturated heterocycles. The van der Waals surface area contributed by atoms with Crippen LogP contribution in [0.2, 0.25) is 0 Å². The molecule has 0 spiro atoms. The van der Waals surface area contributed by atoms with Gasteiger partial charge in [-0.1, -0.05) is 30.3 Å². The van der Waals surface area contributed by atoms with Crippen molar-refractivity contribution >= 4 is 0 Å². The number of aromatic nitrogens is 2. The summed E-state index contributed by atoms with van der Waals surface area (Å²) in [4.78, 5) is 15.6. The first-order valence-electron chi connectivity index (χ1n) is 7.61. The molecular weight excluding hydrogens is 296 g/mol. The molecule has 1 aliphatic rings. The lowest BCUT2D eigenvalue weighted by Gasteiger charge is -2.20. The van der Waals surface area contributed by atoms with Gasteiger partial charge in [0.05, 0.1) is 13.2 Å². The molecule has 0 bridgehead atoms. The Labute approximate surface area is 134 Å². The van der Waals surface area contributed by atoms with Crippen LogP contribution < -0.4 is 10.3 Å². The van der Waals surface area contributed by atoms with Gasteiger partial charge in [0.2, 0.25) is 0 Å². The highest BCUT2D eigenvalue weighted by Gasteiger charge is 2.26. The van der Waals surface area contributed by atoms with Crippen LogP contribution >= 0.6 is 0 Å². The van der Waals surface area contributed by atoms with Crippen LogP contribution in [-0.2, 0) is 22.8 Å². The zero-order chi connectivity index (χ0) is 16.2. The molecule has 23 heavy (non-hydrogen) atoms. The van der Waals surface area contributed by atoms with Gasteiger partial charge in [-0.25, -0.2) is 0 Å².